The molecular formula is C15H13IO4. The van der Waals surface area contributed by atoms with E-state index in [0.717, 1.165) is 3.57 Å². The van der Waals surface area contributed by atoms with Crippen molar-refractivity contribution in [3.05, 3.63) is 57.4 Å². The highest BCUT2D eigenvalue weighted by molar-refractivity contribution is 14.2. The Morgan fingerprint density at radius 3 is 2.40 bits per heavy atom. The Morgan fingerprint density at radius 2 is 1.80 bits per heavy atom. The number of ketones is 1. The lowest BCUT2D eigenvalue weighted by atomic mass is 10.0. The Morgan fingerprint density at radius 1 is 1.10 bits per heavy atom. The van der Waals surface area contributed by atoms with Crippen LogP contribution in [0.15, 0.2) is 53.8 Å². The molecule has 0 heterocycles. The molecule has 0 unspecified atom stereocenters. The van der Waals surface area contributed by atoms with Gasteiger partial charge in [0.1, 0.15) is 11.3 Å². The average Bonchev–Trinajstić information content (AvgIpc) is 2.49. The van der Waals surface area contributed by atoms with Crippen molar-refractivity contribution in [3.8, 4) is 0 Å². The molecule has 1 aromatic carbocycles. The molecule has 0 amide bonds. The topological polar surface area (TPSA) is 52.6 Å². The van der Waals surface area contributed by atoms with Gasteiger partial charge in [-0.1, -0.05) is 38.9 Å². The SMILES string of the molecule is COC(=O)C1=CC(=Ic2ccccc2)C(=O)C=C1OC. The van der Waals surface area contributed by atoms with E-state index in [-0.39, 0.29) is 11.5 Å². The summed E-state index contributed by atoms with van der Waals surface area (Å²) in [6, 6.07) is 9.76. The maximum atomic E-state index is 12.1. The van der Waals surface area contributed by atoms with Crippen molar-refractivity contribution in [2.24, 2.45) is 0 Å². The molecule has 1 aliphatic carbocycles. The molecule has 0 saturated heterocycles. The van der Waals surface area contributed by atoms with Crippen LogP contribution in [0.25, 0.3) is 0 Å². The first kappa shape index (κ1) is 14.6. The molecule has 20 heavy (non-hydrogen) atoms. The van der Waals surface area contributed by atoms with E-state index < -0.39 is 26.7 Å². The number of ether oxygens (including phenoxy) is 2. The molecule has 5 heteroatoms. The van der Waals surface area contributed by atoms with Crippen LogP contribution in [0, 0.1) is 3.57 Å². The van der Waals surface area contributed by atoms with Gasteiger partial charge in [-0.05, 0) is 18.2 Å². The maximum Gasteiger partial charge on any atom is 0.341 e. The van der Waals surface area contributed by atoms with Crippen LogP contribution in [-0.2, 0) is 19.1 Å². The van der Waals surface area contributed by atoms with E-state index in [9.17, 15) is 9.59 Å². The first-order valence-electron chi connectivity index (χ1n) is 5.83. The number of hydrogen-bond donors (Lipinski definition) is 0. The molecule has 104 valence electrons. The van der Waals surface area contributed by atoms with E-state index in [1.54, 1.807) is 6.08 Å². The zero-order valence-electron chi connectivity index (χ0n) is 11.1. The van der Waals surface area contributed by atoms with Crippen LogP contribution in [0.2, 0.25) is 0 Å². The molecule has 0 atom stereocenters. The minimum absolute atomic E-state index is 0.105. The number of benzene rings is 1. The minimum Gasteiger partial charge on any atom is -0.496 e. The summed E-state index contributed by atoms with van der Waals surface area (Å²) in [5, 5.41) is 0. The molecule has 0 saturated carbocycles. The van der Waals surface area contributed by atoms with Crippen molar-refractivity contribution >= 4 is 36.0 Å². The predicted octanol–water partition coefficient (Wildman–Crippen LogP) is 2.21. The van der Waals surface area contributed by atoms with E-state index in [1.807, 2.05) is 30.3 Å². The number of halogens is 1. The number of esters is 1. The van der Waals surface area contributed by atoms with E-state index in [2.05, 4.69) is 0 Å². The average molecular weight is 384 g/mol. The summed E-state index contributed by atoms with van der Waals surface area (Å²) in [7, 11) is 2.73. The molecule has 1 aromatic rings. The summed E-state index contributed by atoms with van der Waals surface area (Å²) in [4.78, 5) is 23.8. The number of carbonyl (C=O) groups is 2. The summed E-state index contributed by atoms with van der Waals surface area (Å²) < 4.78 is 11.5. The number of methoxy groups -OCH3 is 2. The predicted molar refractivity (Wildman–Crippen MR) is 84.4 cm³/mol. The first-order valence-corrected chi connectivity index (χ1v) is 7.98. The summed E-state index contributed by atoms with van der Waals surface area (Å²) in [5.41, 5.74) is 0.292. The van der Waals surface area contributed by atoms with Crippen LogP contribution in [0.4, 0.5) is 0 Å². The van der Waals surface area contributed by atoms with Crippen LogP contribution >= 0.6 is 20.7 Å². The van der Waals surface area contributed by atoms with Gasteiger partial charge in [0.2, 0.25) is 0 Å². The van der Waals surface area contributed by atoms with Gasteiger partial charge in [-0.3, -0.25) is 4.79 Å². The van der Waals surface area contributed by atoms with Crippen molar-refractivity contribution in [2.75, 3.05) is 14.2 Å². The van der Waals surface area contributed by atoms with Gasteiger partial charge in [-0.25, -0.2) is 4.79 Å². The zero-order chi connectivity index (χ0) is 14.5. The van der Waals surface area contributed by atoms with Crippen molar-refractivity contribution in [2.45, 2.75) is 0 Å². The second kappa shape index (κ2) is 6.60. The van der Waals surface area contributed by atoms with Crippen molar-refractivity contribution in [3.63, 3.8) is 0 Å². The van der Waals surface area contributed by atoms with Gasteiger partial charge >= 0.3 is 5.97 Å². The van der Waals surface area contributed by atoms with Gasteiger partial charge in [0.05, 0.1) is 17.7 Å². The van der Waals surface area contributed by atoms with Crippen LogP contribution in [-0.4, -0.2) is 29.5 Å². The number of rotatable bonds is 3. The first-order chi connectivity index (χ1) is 9.65. The Labute approximate surface area is 126 Å². The standard InChI is InChI=1S/C15H13IO4/c1-19-14-9-13(17)12(8-11(14)15(18)20-2)16-10-6-4-3-5-7-10/h3-9H,1-2H3. The fourth-order valence-electron chi connectivity index (χ4n) is 1.64. The summed E-state index contributed by atoms with van der Waals surface area (Å²) in [6.07, 6.45) is 2.94. The quantitative estimate of drug-likeness (QED) is 0.593. The minimum atomic E-state index is -0.635. The van der Waals surface area contributed by atoms with Gasteiger partial charge in [0.25, 0.3) is 0 Å². The summed E-state index contributed by atoms with van der Waals surface area (Å²) >= 11 is -0.635. The van der Waals surface area contributed by atoms with Gasteiger partial charge in [0, 0.05) is 9.65 Å². The second-order valence-electron chi connectivity index (χ2n) is 3.86. The van der Waals surface area contributed by atoms with E-state index in [0.29, 0.717) is 9.08 Å². The van der Waals surface area contributed by atoms with Gasteiger partial charge < -0.3 is 9.47 Å². The van der Waals surface area contributed by atoms with E-state index in [4.69, 9.17) is 9.47 Å². The molecule has 0 fully saturated rings. The summed E-state index contributed by atoms with van der Waals surface area (Å²) in [5.74, 6) is -0.353. The number of allylic oxidation sites excluding steroid dienone is 2. The third-order valence-electron chi connectivity index (χ3n) is 2.60. The Kier molecular flexibility index (Phi) is 4.84. The molecule has 0 bridgehead atoms. The van der Waals surface area contributed by atoms with Gasteiger partial charge in [-0.15, -0.1) is 0 Å². The van der Waals surface area contributed by atoms with Crippen LogP contribution in [0.3, 0.4) is 0 Å². The third kappa shape index (κ3) is 3.22. The molecule has 0 spiro atoms. The maximum absolute atomic E-state index is 12.1. The lowest BCUT2D eigenvalue weighted by molar-refractivity contribution is -0.136. The molecule has 2 rings (SSSR count). The number of carbonyl (C=O) groups excluding carboxylic acids is 2. The highest BCUT2D eigenvalue weighted by atomic mass is 127. The normalized spacial score (nSPS) is 16.9. The second-order valence-corrected chi connectivity index (χ2v) is 6.81. The summed E-state index contributed by atoms with van der Waals surface area (Å²) in [6.45, 7) is 0. The van der Waals surface area contributed by atoms with Crippen LogP contribution in [0.1, 0.15) is 0 Å². The highest BCUT2D eigenvalue weighted by Crippen LogP contribution is 2.23. The smallest absolute Gasteiger partial charge is 0.341 e. The molecular weight excluding hydrogens is 371 g/mol. The lowest BCUT2D eigenvalue weighted by Crippen LogP contribution is -2.19. The van der Waals surface area contributed by atoms with Crippen molar-refractivity contribution in [1.29, 1.82) is 0 Å². The van der Waals surface area contributed by atoms with E-state index >= 15 is 0 Å². The van der Waals surface area contributed by atoms with Gasteiger partial charge in [-0.2, -0.15) is 0 Å². The molecule has 0 aromatic heterocycles. The molecule has 0 N–H and O–H groups in total. The molecule has 0 aliphatic heterocycles. The van der Waals surface area contributed by atoms with E-state index in [1.165, 1.54) is 20.3 Å². The fraction of sp³-hybridized carbons (Fsp3) is 0.133. The molecule has 1 aliphatic rings. The van der Waals surface area contributed by atoms with Crippen molar-refractivity contribution < 1.29 is 19.1 Å². The van der Waals surface area contributed by atoms with Crippen LogP contribution < -0.4 is 0 Å². The third-order valence-corrected chi connectivity index (χ3v) is 5.37. The fourth-order valence-corrected chi connectivity index (χ4v) is 3.98. The Bertz CT molecular complexity index is 627. The molecule has 4 nitrogen and oxygen atoms in total. The largest absolute Gasteiger partial charge is 0.496 e. The molecule has 0 radical (unpaired) electrons. The van der Waals surface area contributed by atoms with Gasteiger partial charge in [0.15, 0.2) is 5.78 Å². The lowest BCUT2D eigenvalue weighted by Gasteiger charge is -2.13. The Balaban J connectivity index is 2.43. The van der Waals surface area contributed by atoms with Crippen LogP contribution in [0.5, 0.6) is 0 Å². The highest BCUT2D eigenvalue weighted by Gasteiger charge is 2.24. The number of hydrogen-bond acceptors (Lipinski definition) is 4. The monoisotopic (exact) mass is 384 g/mol. The van der Waals surface area contributed by atoms with Crippen molar-refractivity contribution in [1.82, 2.24) is 0 Å². The zero-order valence-corrected chi connectivity index (χ0v) is 13.2. The Hall–Kier alpha value is -1.76.